The van der Waals surface area contributed by atoms with Crippen LogP contribution in [-0.4, -0.2) is 206 Å². The Hall–Kier alpha value is -8.83. The molecule has 0 saturated carbocycles. The zero-order chi connectivity index (χ0) is 92.4. The lowest BCUT2D eigenvalue weighted by Crippen LogP contribution is -2.74. The highest BCUT2D eigenvalue weighted by atomic mass is 35.6. The second-order valence-electron chi connectivity index (χ2n) is 32.2. The topological polar surface area (TPSA) is 350 Å². The summed E-state index contributed by atoms with van der Waals surface area (Å²) >= 11 is 19.9. The molecule has 0 unspecified atom stereocenters. The van der Waals surface area contributed by atoms with Gasteiger partial charge < -0.3 is 82.5 Å². The van der Waals surface area contributed by atoms with Crippen molar-refractivity contribution >= 4 is 86.6 Å². The van der Waals surface area contributed by atoms with Crippen LogP contribution in [0.1, 0.15) is 207 Å². The van der Waals surface area contributed by atoms with Gasteiger partial charge in [-0.05, 0) is 112 Å². The lowest BCUT2D eigenvalue weighted by Gasteiger charge is -2.52. The molecule has 3 fully saturated rings. The van der Waals surface area contributed by atoms with Crippen molar-refractivity contribution in [2.24, 2.45) is 5.73 Å². The number of ether oxygens (including phenoxy) is 14. The highest BCUT2D eigenvalue weighted by Gasteiger charge is 2.71. The van der Waals surface area contributed by atoms with E-state index < -0.39 is 183 Å². The monoisotopic (exact) mass is 1860 g/mol. The highest BCUT2D eigenvalue weighted by molar-refractivity contribution is 7.88. The number of quaternary nitrogens is 1. The zero-order valence-electron chi connectivity index (χ0n) is 73.7. The Morgan fingerprint density at radius 2 is 0.891 bits per heavy atom. The minimum atomic E-state index is -5.78. The van der Waals surface area contributed by atoms with E-state index in [0.717, 1.165) is 45.4 Å². The van der Waals surface area contributed by atoms with Gasteiger partial charge in [0.1, 0.15) is 62.8 Å². The van der Waals surface area contributed by atoms with E-state index in [1.165, 1.54) is 119 Å². The summed E-state index contributed by atoms with van der Waals surface area (Å²) in [5.41, 5.74) is 8.53. The molecule has 10 rings (SSSR count). The van der Waals surface area contributed by atoms with Crippen LogP contribution in [0.25, 0.3) is 0 Å². The van der Waals surface area contributed by atoms with Crippen LogP contribution in [0, 0.1) is 0 Å². The summed E-state index contributed by atoms with van der Waals surface area (Å²) in [4.78, 5) is 99.4. The van der Waals surface area contributed by atoms with Crippen molar-refractivity contribution in [1.82, 2.24) is 5.32 Å². The summed E-state index contributed by atoms with van der Waals surface area (Å²) in [5, 5.41) is 16.6. The van der Waals surface area contributed by atoms with Crippen LogP contribution in [0.2, 0.25) is 0 Å². The lowest BCUT2D eigenvalue weighted by molar-refractivity contribution is -1.08. The summed E-state index contributed by atoms with van der Waals surface area (Å²) in [6.07, 6.45) is -11.3. The van der Waals surface area contributed by atoms with Gasteiger partial charge in [-0.15, -0.1) is 0 Å². The molecule has 4 N–H and O–H groups in total. The maximum atomic E-state index is 16.0. The fourth-order valence-corrected chi connectivity index (χ4v) is 17.7. The van der Waals surface area contributed by atoms with Crippen LogP contribution in [0.4, 0.5) is 0 Å². The van der Waals surface area contributed by atoms with Gasteiger partial charge in [0, 0.05) is 6.92 Å². The number of nitrogens with one attached hydrogen (secondary N) is 1. The van der Waals surface area contributed by atoms with Gasteiger partial charge >= 0.3 is 45.9 Å². The number of hydroxylamine groups is 3. The average molecular weight is 1870 g/mol. The number of rotatable bonds is 50. The molecule has 0 radical (unpaired) electrons. The molecule has 7 aromatic carbocycles. The molecule has 7 aromatic rings. The molecule has 0 spiro atoms. The SMILES string of the molecule is CCCCCCCCCCCCCCCCC[C@@H](OC(=O)c1ccccc1)[C@@H](N)CO[C@H]1O[C@H](COC(=O)c2ccccc2)[C@@H](OC(=O)c2ccccc2)[C@H](OC(=O)c2ccccc2)[C@@H]1O[C@@H]1O[C@H](COCc2ccccc2)[C@@H](OCc2ccccc2)[C@H](O[C@@H]2O[C@@H](C)[C@@H](OC(C)=O)[C@](O)(S(=O)(=O)O[N+](CC)(CC)CC)[C@@H]2OC(=O)c2ccccc2)[C@H]1NC(=O)C(Cl)(Cl)Cl. The Morgan fingerprint density at radius 1 is 0.473 bits per heavy atom. The van der Waals surface area contributed by atoms with Gasteiger partial charge in [0.05, 0.1) is 66.4 Å². The van der Waals surface area contributed by atoms with Crippen molar-refractivity contribution < 1.29 is 122 Å². The average Bonchev–Trinajstić information content (AvgIpc) is 0.714. The first-order chi connectivity index (χ1) is 62.2. The molecule has 3 saturated heterocycles. The normalized spacial score (nSPS) is 23.5. The smallest absolute Gasteiger partial charge is 0.351 e. The minimum Gasteiger partial charge on any atom is -0.459 e. The van der Waals surface area contributed by atoms with E-state index in [-0.39, 0.29) is 67.1 Å². The van der Waals surface area contributed by atoms with Crippen molar-refractivity contribution in [1.29, 1.82) is 0 Å². The maximum absolute atomic E-state index is 16.0. The number of amides is 1. The van der Waals surface area contributed by atoms with E-state index in [0.29, 0.717) is 17.5 Å². The summed E-state index contributed by atoms with van der Waals surface area (Å²) in [6, 6.07) is 53.0. The number of unbranched alkanes of at least 4 members (excludes halogenated alkanes) is 14. The van der Waals surface area contributed by atoms with Gasteiger partial charge in [-0.3, -0.25) is 9.59 Å². The Bertz CT molecular complexity index is 4690. The van der Waals surface area contributed by atoms with Crippen LogP contribution < -0.4 is 11.1 Å². The summed E-state index contributed by atoms with van der Waals surface area (Å²) in [6.45, 7) is 6.85. The van der Waals surface area contributed by atoms with Gasteiger partial charge in [-0.2, -0.15) is 13.1 Å². The Balaban J connectivity index is 1.15. The molecule has 3 aliphatic heterocycles. The molecular weight excluding hydrogens is 1750 g/mol. The number of esters is 6. The van der Waals surface area contributed by atoms with E-state index >= 15 is 27.6 Å². The van der Waals surface area contributed by atoms with E-state index in [1.807, 2.05) is 0 Å². The van der Waals surface area contributed by atoms with E-state index in [9.17, 15) is 19.5 Å². The van der Waals surface area contributed by atoms with Gasteiger partial charge in [0.2, 0.25) is 6.10 Å². The molecule has 0 aromatic heterocycles. The molecule has 3 heterocycles. The first-order valence-corrected chi connectivity index (χ1v) is 47.0. The molecule has 28 nitrogen and oxygen atoms in total. The fraction of sp³-hybridized carbons (Fsp3) is 0.495. The van der Waals surface area contributed by atoms with Crippen LogP contribution in [-0.2, 0) is 104 Å². The summed E-state index contributed by atoms with van der Waals surface area (Å²) in [7, 11) is -5.78. The number of hydrogen-bond donors (Lipinski definition) is 3. The van der Waals surface area contributed by atoms with Crippen molar-refractivity contribution in [3.63, 3.8) is 0 Å². The van der Waals surface area contributed by atoms with Crippen LogP contribution in [0.5, 0.6) is 0 Å². The predicted molar refractivity (Wildman–Crippen MR) is 480 cm³/mol. The van der Waals surface area contributed by atoms with Gasteiger partial charge in [0.15, 0.2) is 43.3 Å². The predicted octanol–water partition coefficient (Wildman–Crippen LogP) is 15.7. The van der Waals surface area contributed by atoms with Crippen molar-refractivity contribution in [2.45, 2.75) is 264 Å². The first-order valence-electron chi connectivity index (χ1n) is 44.5. The third-order valence-corrected chi connectivity index (χ3v) is 25.3. The molecule has 1 amide bonds. The largest absolute Gasteiger partial charge is 0.459 e. The summed E-state index contributed by atoms with van der Waals surface area (Å²) in [5.74, 6) is -7.55. The van der Waals surface area contributed by atoms with Gasteiger partial charge in [-0.25, -0.2) is 24.0 Å². The fourth-order valence-electron chi connectivity index (χ4n) is 15.7. The number of carbonyl (C=O) groups is 7. The second-order valence-corrected chi connectivity index (χ2v) is 36.2. The van der Waals surface area contributed by atoms with Crippen LogP contribution in [0.3, 0.4) is 0 Å². The molecule has 0 aliphatic carbocycles. The van der Waals surface area contributed by atoms with Crippen molar-refractivity contribution in [2.75, 3.05) is 39.5 Å². The molecule has 17 atom stereocenters. The highest BCUT2D eigenvalue weighted by Crippen LogP contribution is 2.45. The zero-order valence-corrected chi connectivity index (χ0v) is 76.8. The van der Waals surface area contributed by atoms with Crippen LogP contribution >= 0.6 is 34.8 Å². The summed E-state index contributed by atoms with van der Waals surface area (Å²) < 4.78 is 128. The van der Waals surface area contributed by atoms with Crippen LogP contribution in [0.15, 0.2) is 212 Å². The number of carbonyl (C=O) groups excluding carboxylic acids is 7. The van der Waals surface area contributed by atoms with Crippen molar-refractivity contribution in [3.05, 3.63) is 251 Å². The Labute approximate surface area is 770 Å². The third-order valence-electron chi connectivity index (χ3n) is 23.0. The van der Waals surface area contributed by atoms with Gasteiger partial charge in [0.25, 0.3) is 14.6 Å². The second kappa shape index (κ2) is 51.3. The molecule has 0 bridgehead atoms. The molecular formula is C97H121Cl3N3O25S+. The number of nitrogens with zero attached hydrogens (tertiary/aromatic N) is 1. The minimum absolute atomic E-state index is 0.0247. The Kier molecular flexibility index (Phi) is 40.6. The number of halogens is 3. The number of alkyl halides is 3. The maximum Gasteiger partial charge on any atom is 0.351 e. The van der Waals surface area contributed by atoms with E-state index in [4.69, 9.17) is 111 Å². The standard InChI is InChI=1S/C97H120Cl3N3O25S/c1-7-11-12-13-14-15-16-17-18-19-20-21-22-23-45-60-76(120-88(106)71-52-37-27-38-53-71)75(101)63-117-93-84(83(124-90(108)73-56-41-29-42-57-73)81(123-89(107)72-54-39-28-40-55-72)78(122-93)65-116-87(105)70-50-35-26-36-51-70)126-92-79(102-95(110)97(98,99)100)82(80(115-62-69-48-33-25-34-49-69)77(121-92)64-114-61-68-46-31-24-32-47-68)125-94-86(127-91(109)74-58-43-30-44-59-74)96(111,85(66(5)118-94)119-67(6)104)129(112,113)128-103(8-2,9-3)10-4/h24-44,46-59,66,75-86,92-94,111H,7-23,45,60-65,101H2,1-6H3/p+1/t66-,75-,76+,77+,78+,79+,80+,81+,82+,83-,84-,85+,86+,92-,93-,94-,96-/m0/s1. The first kappa shape index (κ1) is 102. The molecule has 32 heteroatoms. The number of hydrogen-bond acceptors (Lipinski definition) is 26. The van der Waals surface area contributed by atoms with Crippen molar-refractivity contribution in [3.8, 4) is 0 Å². The number of benzene rings is 7. The number of nitrogens with two attached hydrogens (primary N) is 1. The van der Waals surface area contributed by atoms with Gasteiger partial charge in [-0.1, -0.05) is 288 Å². The quantitative estimate of drug-likeness (QED) is 0.00796. The molecule has 700 valence electrons. The molecule has 3 aliphatic rings. The third kappa shape index (κ3) is 29.6. The van der Waals surface area contributed by atoms with E-state index in [1.54, 1.807) is 172 Å². The molecule has 129 heavy (non-hydrogen) atoms. The lowest BCUT2D eigenvalue weighted by atomic mass is 9.93. The number of aliphatic hydroxyl groups is 1. The Morgan fingerprint density at radius 3 is 1.36 bits per heavy atom. The van der Waals surface area contributed by atoms with E-state index in [2.05, 4.69) is 12.2 Å².